The number of hydrogen-bond acceptors (Lipinski definition) is 2. The summed E-state index contributed by atoms with van der Waals surface area (Å²) < 4.78 is 0. The molecule has 0 atom stereocenters. The number of nitrogens with one attached hydrogen (secondary N) is 2. The lowest BCUT2D eigenvalue weighted by Gasteiger charge is -2.34. The van der Waals surface area contributed by atoms with Crippen molar-refractivity contribution < 1.29 is 0 Å². The van der Waals surface area contributed by atoms with E-state index in [-0.39, 0.29) is 5.56 Å². The Morgan fingerprint density at radius 3 is 2.41 bits per heavy atom. The molecule has 156 valence electrons. The number of benzene rings is 1. The smallest absolute Gasteiger partial charge is 0.253 e. The van der Waals surface area contributed by atoms with E-state index in [2.05, 4.69) is 47.2 Å². The second kappa shape index (κ2) is 8.86. The van der Waals surface area contributed by atoms with Gasteiger partial charge in [0.25, 0.3) is 5.56 Å². The first-order valence-electron chi connectivity index (χ1n) is 11.2. The van der Waals surface area contributed by atoms with Crippen LogP contribution in [0.2, 0.25) is 0 Å². The number of aromatic amines is 1. The first kappa shape index (κ1) is 20.4. The van der Waals surface area contributed by atoms with Gasteiger partial charge < -0.3 is 15.2 Å². The van der Waals surface area contributed by atoms with E-state index in [0.29, 0.717) is 18.6 Å². The lowest BCUT2D eigenvalue weighted by molar-refractivity contribution is 0.292. The monoisotopic (exact) mass is 411 g/mol. The number of aryl methyl sites for hydroxylation is 2. The van der Waals surface area contributed by atoms with Crippen molar-refractivity contribution in [2.45, 2.75) is 90.3 Å². The maximum absolute atomic E-state index is 12.8. The Labute approximate surface area is 179 Å². The Morgan fingerprint density at radius 2 is 1.69 bits per heavy atom. The normalized spacial score (nSPS) is 18.3. The molecule has 2 aliphatic carbocycles. The van der Waals surface area contributed by atoms with Gasteiger partial charge in [0.1, 0.15) is 0 Å². The Balaban J connectivity index is 1.59. The zero-order valence-electron chi connectivity index (χ0n) is 17.7. The molecule has 1 heterocycles. The molecule has 0 radical (unpaired) electrons. The topological polar surface area (TPSA) is 48.1 Å². The van der Waals surface area contributed by atoms with Crippen molar-refractivity contribution in [1.29, 1.82) is 0 Å². The van der Waals surface area contributed by atoms with Crippen molar-refractivity contribution in [1.82, 2.24) is 15.2 Å². The maximum Gasteiger partial charge on any atom is 0.253 e. The highest BCUT2D eigenvalue weighted by Crippen LogP contribution is 2.26. The fourth-order valence-corrected chi connectivity index (χ4v) is 5.29. The van der Waals surface area contributed by atoms with Gasteiger partial charge in [-0.2, -0.15) is 0 Å². The van der Waals surface area contributed by atoms with E-state index in [1.807, 2.05) is 0 Å². The summed E-state index contributed by atoms with van der Waals surface area (Å²) >= 11 is 5.87. The Bertz CT molecular complexity index is 939. The number of hydrogen-bond donors (Lipinski definition) is 2. The minimum atomic E-state index is 0.00390. The number of aromatic nitrogens is 1. The lowest BCUT2D eigenvalue weighted by Crippen LogP contribution is -2.49. The minimum Gasteiger partial charge on any atom is -0.360 e. The predicted molar refractivity (Wildman–Crippen MR) is 124 cm³/mol. The van der Waals surface area contributed by atoms with E-state index in [9.17, 15) is 4.79 Å². The van der Waals surface area contributed by atoms with Crippen LogP contribution in [-0.4, -0.2) is 27.1 Å². The van der Waals surface area contributed by atoms with Gasteiger partial charge >= 0.3 is 0 Å². The van der Waals surface area contributed by atoms with Crippen LogP contribution < -0.4 is 10.9 Å². The van der Waals surface area contributed by atoms with Crippen LogP contribution in [0.25, 0.3) is 10.9 Å². The number of H-pyrrole nitrogens is 1. The molecule has 2 aliphatic rings. The average molecular weight is 412 g/mol. The first-order chi connectivity index (χ1) is 14.0. The molecule has 4 rings (SSSR count). The molecule has 2 aromatic rings. The Hall–Kier alpha value is -1.88. The molecule has 0 unspecified atom stereocenters. The fourth-order valence-electron chi connectivity index (χ4n) is 4.91. The summed E-state index contributed by atoms with van der Waals surface area (Å²) in [6.07, 6.45) is 11.1. The van der Waals surface area contributed by atoms with Gasteiger partial charge in [0, 0.05) is 23.2 Å². The molecule has 0 amide bonds. The van der Waals surface area contributed by atoms with E-state index in [1.165, 1.54) is 56.1 Å². The molecule has 0 spiro atoms. The van der Waals surface area contributed by atoms with E-state index >= 15 is 0 Å². The van der Waals surface area contributed by atoms with Crippen LogP contribution in [0.5, 0.6) is 0 Å². The van der Waals surface area contributed by atoms with Gasteiger partial charge in [-0.05, 0) is 86.5 Å². The third-order valence-corrected chi connectivity index (χ3v) is 7.19. The van der Waals surface area contributed by atoms with Gasteiger partial charge in [-0.1, -0.05) is 32.1 Å². The van der Waals surface area contributed by atoms with E-state index in [1.54, 1.807) is 0 Å². The van der Waals surface area contributed by atoms with Crippen molar-refractivity contribution in [3.8, 4) is 0 Å². The highest BCUT2D eigenvalue weighted by Gasteiger charge is 2.27. The Kier molecular flexibility index (Phi) is 6.23. The van der Waals surface area contributed by atoms with Crippen molar-refractivity contribution in [3.63, 3.8) is 0 Å². The first-order valence-corrected chi connectivity index (χ1v) is 11.6. The third-order valence-electron chi connectivity index (χ3n) is 6.84. The summed E-state index contributed by atoms with van der Waals surface area (Å²) in [7, 11) is 0. The zero-order chi connectivity index (χ0) is 20.4. The quantitative estimate of drug-likeness (QED) is 0.688. The van der Waals surface area contributed by atoms with E-state index in [0.717, 1.165) is 34.4 Å². The highest BCUT2D eigenvalue weighted by molar-refractivity contribution is 7.80. The predicted octanol–water partition coefficient (Wildman–Crippen LogP) is 5.10. The summed E-state index contributed by atoms with van der Waals surface area (Å²) in [6.45, 7) is 4.78. The van der Waals surface area contributed by atoms with Crippen molar-refractivity contribution in [2.75, 3.05) is 0 Å². The molecule has 2 saturated carbocycles. The summed E-state index contributed by atoms with van der Waals surface area (Å²) in [6, 6.07) is 7.22. The van der Waals surface area contributed by atoms with Crippen LogP contribution in [0, 0.1) is 13.8 Å². The number of thiocarbonyl (C=S) groups is 1. The van der Waals surface area contributed by atoms with Crippen LogP contribution in [0.3, 0.4) is 0 Å². The molecule has 2 N–H and O–H groups in total. The van der Waals surface area contributed by atoms with Gasteiger partial charge in [0.05, 0.1) is 6.54 Å². The van der Waals surface area contributed by atoms with Crippen LogP contribution in [-0.2, 0) is 6.54 Å². The van der Waals surface area contributed by atoms with Gasteiger partial charge in [-0.25, -0.2) is 0 Å². The second-order valence-corrected chi connectivity index (χ2v) is 9.38. The molecular weight excluding hydrogens is 378 g/mol. The maximum atomic E-state index is 12.8. The highest BCUT2D eigenvalue weighted by atomic mass is 32.1. The van der Waals surface area contributed by atoms with Gasteiger partial charge in [0.15, 0.2) is 5.11 Å². The molecule has 29 heavy (non-hydrogen) atoms. The minimum absolute atomic E-state index is 0.00390. The summed E-state index contributed by atoms with van der Waals surface area (Å²) in [5, 5.41) is 5.57. The summed E-state index contributed by atoms with van der Waals surface area (Å²) in [5.74, 6) is 0. The van der Waals surface area contributed by atoms with Crippen LogP contribution in [0.1, 0.15) is 74.5 Å². The lowest BCUT2D eigenvalue weighted by atomic mass is 9.96. The number of fused-ring (bicyclic) bond motifs is 1. The standard InChI is InChI=1S/C24H33N3OS/c1-16-12-18-14-19(23(28)26-22(18)13-17(16)2)15-27(21-10-6-7-11-21)24(29)25-20-8-4-3-5-9-20/h12-14,20-21H,3-11,15H2,1-2H3,(H,25,29)(H,26,28). The fraction of sp³-hybridized carbons (Fsp3) is 0.583. The number of nitrogens with zero attached hydrogens (tertiary/aromatic N) is 1. The largest absolute Gasteiger partial charge is 0.360 e. The van der Waals surface area contributed by atoms with Crippen LogP contribution in [0.4, 0.5) is 0 Å². The molecule has 0 saturated heterocycles. The molecule has 0 aliphatic heterocycles. The van der Waals surface area contributed by atoms with Crippen LogP contribution in [0.15, 0.2) is 23.0 Å². The summed E-state index contributed by atoms with van der Waals surface area (Å²) in [5.41, 5.74) is 4.17. The zero-order valence-corrected chi connectivity index (χ0v) is 18.5. The van der Waals surface area contributed by atoms with Crippen molar-refractivity contribution in [3.05, 3.63) is 45.2 Å². The Morgan fingerprint density at radius 1 is 1.03 bits per heavy atom. The number of rotatable bonds is 4. The van der Waals surface area contributed by atoms with E-state index in [4.69, 9.17) is 12.2 Å². The molecular formula is C24H33N3OS. The SMILES string of the molecule is Cc1cc2cc(CN(C(=S)NC3CCCCC3)C3CCCC3)c(=O)[nH]c2cc1C. The molecule has 0 bridgehead atoms. The van der Waals surface area contributed by atoms with Gasteiger partial charge in [-0.3, -0.25) is 4.79 Å². The van der Waals surface area contributed by atoms with Gasteiger partial charge in [0.2, 0.25) is 0 Å². The number of pyridine rings is 1. The molecule has 2 fully saturated rings. The van der Waals surface area contributed by atoms with Crippen molar-refractivity contribution >= 4 is 28.2 Å². The molecule has 4 nitrogen and oxygen atoms in total. The second-order valence-electron chi connectivity index (χ2n) is 9.00. The van der Waals surface area contributed by atoms with Crippen molar-refractivity contribution in [2.24, 2.45) is 0 Å². The average Bonchev–Trinajstić information content (AvgIpc) is 3.23. The molecule has 1 aromatic carbocycles. The van der Waals surface area contributed by atoms with E-state index < -0.39 is 0 Å². The third kappa shape index (κ3) is 4.66. The van der Waals surface area contributed by atoms with Gasteiger partial charge in [-0.15, -0.1) is 0 Å². The van der Waals surface area contributed by atoms with Crippen LogP contribution >= 0.6 is 12.2 Å². The molecule has 5 heteroatoms. The molecule has 1 aromatic heterocycles. The summed E-state index contributed by atoms with van der Waals surface area (Å²) in [4.78, 5) is 18.2.